The highest BCUT2D eigenvalue weighted by molar-refractivity contribution is 5.99. The molecule has 130 valence electrons. The predicted octanol–water partition coefficient (Wildman–Crippen LogP) is 4.00. The lowest BCUT2D eigenvalue weighted by atomic mass is 9.99. The highest BCUT2D eigenvalue weighted by atomic mass is 16.2. The lowest BCUT2D eigenvalue weighted by molar-refractivity contribution is -0.117. The van der Waals surface area contributed by atoms with E-state index in [1.807, 2.05) is 30.3 Å². The molecule has 1 aliphatic heterocycles. The fourth-order valence-electron chi connectivity index (χ4n) is 3.36. The third kappa shape index (κ3) is 3.73. The van der Waals surface area contributed by atoms with E-state index in [0.717, 1.165) is 30.6 Å². The predicted molar refractivity (Wildman–Crippen MR) is 99.7 cm³/mol. The van der Waals surface area contributed by atoms with Gasteiger partial charge in [-0.15, -0.1) is 0 Å². The molecule has 0 saturated carbocycles. The Labute approximate surface area is 148 Å². The van der Waals surface area contributed by atoms with Gasteiger partial charge >= 0.3 is 0 Å². The molecular formula is C21H24N2O2. The van der Waals surface area contributed by atoms with E-state index < -0.39 is 0 Å². The minimum absolute atomic E-state index is 0.0224. The SMILES string of the molecule is CC[C@@H](NC(=O)c1cccc(N2CCCC2=O)c1)c1ccccc1C. The lowest BCUT2D eigenvalue weighted by Crippen LogP contribution is -2.29. The second-order valence-corrected chi connectivity index (χ2v) is 6.49. The first kappa shape index (κ1) is 17.2. The number of nitrogens with zero attached hydrogens (tertiary/aromatic N) is 1. The van der Waals surface area contributed by atoms with Crippen molar-refractivity contribution >= 4 is 17.5 Å². The molecule has 4 nitrogen and oxygen atoms in total. The van der Waals surface area contributed by atoms with Gasteiger partial charge in [0, 0.05) is 24.2 Å². The number of hydrogen-bond acceptors (Lipinski definition) is 2. The lowest BCUT2D eigenvalue weighted by Gasteiger charge is -2.20. The number of anilines is 1. The molecule has 0 bridgehead atoms. The Morgan fingerprint density at radius 1 is 1.20 bits per heavy atom. The number of carbonyl (C=O) groups is 2. The van der Waals surface area contributed by atoms with Crippen LogP contribution in [0.1, 0.15) is 53.7 Å². The van der Waals surface area contributed by atoms with E-state index in [2.05, 4.69) is 31.3 Å². The Hall–Kier alpha value is -2.62. The van der Waals surface area contributed by atoms with Crippen molar-refractivity contribution < 1.29 is 9.59 Å². The molecule has 1 atom stereocenters. The number of amides is 2. The Morgan fingerprint density at radius 3 is 2.68 bits per heavy atom. The molecule has 0 radical (unpaired) electrons. The van der Waals surface area contributed by atoms with Crippen LogP contribution in [0, 0.1) is 6.92 Å². The van der Waals surface area contributed by atoms with Gasteiger partial charge in [0.05, 0.1) is 6.04 Å². The molecule has 25 heavy (non-hydrogen) atoms. The van der Waals surface area contributed by atoms with E-state index in [9.17, 15) is 9.59 Å². The first-order valence-electron chi connectivity index (χ1n) is 8.87. The molecule has 1 fully saturated rings. The van der Waals surface area contributed by atoms with Gasteiger partial charge in [0.1, 0.15) is 0 Å². The summed E-state index contributed by atoms with van der Waals surface area (Å²) < 4.78 is 0. The van der Waals surface area contributed by atoms with Crippen LogP contribution in [0.25, 0.3) is 0 Å². The zero-order valence-electron chi connectivity index (χ0n) is 14.8. The largest absolute Gasteiger partial charge is 0.345 e. The van der Waals surface area contributed by atoms with Crippen molar-refractivity contribution in [2.24, 2.45) is 0 Å². The van der Waals surface area contributed by atoms with E-state index in [0.29, 0.717) is 12.0 Å². The molecule has 0 spiro atoms. The molecule has 2 aromatic carbocycles. The monoisotopic (exact) mass is 336 g/mol. The van der Waals surface area contributed by atoms with Crippen molar-refractivity contribution in [2.45, 2.75) is 39.2 Å². The van der Waals surface area contributed by atoms with Gasteiger partial charge in [0.2, 0.25) is 5.91 Å². The second kappa shape index (κ2) is 7.51. The van der Waals surface area contributed by atoms with Gasteiger partial charge in [0.15, 0.2) is 0 Å². The molecule has 3 rings (SSSR count). The minimum Gasteiger partial charge on any atom is -0.345 e. The number of aryl methyl sites for hydroxylation is 1. The van der Waals surface area contributed by atoms with Gasteiger partial charge in [-0.1, -0.05) is 37.3 Å². The topological polar surface area (TPSA) is 49.4 Å². The summed E-state index contributed by atoms with van der Waals surface area (Å²) in [7, 11) is 0. The van der Waals surface area contributed by atoms with Crippen molar-refractivity contribution in [3.63, 3.8) is 0 Å². The third-order valence-corrected chi connectivity index (χ3v) is 4.77. The van der Waals surface area contributed by atoms with Crippen LogP contribution < -0.4 is 10.2 Å². The fraction of sp³-hybridized carbons (Fsp3) is 0.333. The summed E-state index contributed by atoms with van der Waals surface area (Å²) in [5, 5.41) is 3.13. The first-order valence-corrected chi connectivity index (χ1v) is 8.87. The van der Waals surface area contributed by atoms with E-state index in [1.165, 1.54) is 5.56 Å². The maximum absolute atomic E-state index is 12.7. The summed E-state index contributed by atoms with van der Waals surface area (Å²) in [4.78, 5) is 26.4. The zero-order valence-corrected chi connectivity index (χ0v) is 14.8. The van der Waals surface area contributed by atoms with E-state index >= 15 is 0 Å². The Balaban J connectivity index is 1.79. The van der Waals surface area contributed by atoms with Crippen molar-refractivity contribution in [3.8, 4) is 0 Å². The molecule has 1 saturated heterocycles. The average Bonchev–Trinajstić information content (AvgIpc) is 3.06. The molecule has 2 amide bonds. The van der Waals surface area contributed by atoms with Crippen LogP contribution in [0.4, 0.5) is 5.69 Å². The number of benzene rings is 2. The normalized spacial score (nSPS) is 15.3. The smallest absolute Gasteiger partial charge is 0.251 e. The first-order chi connectivity index (χ1) is 12.1. The number of carbonyl (C=O) groups excluding carboxylic acids is 2. The number of rotatable bonds is 5. The molecular weight excluding hydrogens is 312 g/mol. The molecule has 0 aliphatic carbocycles. The third-order valence-electron chi connectivity index (χ3n) is 4.77. The summed E-state index contributed by atoms with van der Waals surface area (Å²) in [5.41, 5.74) is 3.71. The molecule has 1 N–H and O–H groups in total. The number of nitrogens with one attached hydrogen (secondary N) is 1. The van der Waals surface area contributed by atoms with Crippen molar-refractivity contribution in [1.29, 1.82) is 0 Å². The van der Waals surface area contributed by atoms with Crippen LogP contribution in [-0.2, 0) is 4.79 Å². The molecule has 1 heterocycles. The Kier molecular flexibility index (Phi) is 5.17. The van der Waals surface area contributed by atoms with E-state index in [4.69, 9.17) is 0 Å². The maximum atomic E-state index is 12.7. The summed E-state index contributed by atoms with van der Waals surface area (Å²) in [6.07, 6.45) is 2.28. The van der Waals surface area contributed by atoms with Gasteiger partial charge < -0.3 is 10.2 Å². The second-order valence-electron chi connectivity index (χ2n) is 6.49. The van der Waals surface area contributed by atoms with Crippen LogP contribution in [-0.4, -0.2) is 18.4 Å². The van der Waals surface area contributed by atoms with Gasteiger partial charge in [-0.25, -0.2) is 0 Å². The Morgan fingerprint density at radius 2 is 2.00 bits per heavy atom. The maximum Gasteiger partial charge on any atom is 0.251 e. The average molecular weight is 336 g/mol. The van der Waals surface area contributed by atoms with Crippen LogP contribution in [0.3, 0.4) is 0 Å². The minimum atomic E-state index is -0.108. The zero-order chi connectivity index (χ0) is 17.8. The van der Waals surface area contributed by atoms with Gasteiger partial charge in [-0.2, -0.15) is 0 Å². The molecule has 2 aromatic rings. The summed E-state index contributed by atoms with van der Waals surface area (Å²) in [6.45, 7) is 4.85. The molecule has 0 unspecified atom stereocenters. The van der Waals surface area contributed by atoms with E-state index in [-0.39, 0.29) is 17.9 Å². The van der Waals surface area contributed by atoms with Crippen LogP contribution >= 0.6 is 0 Å². The highest BCUT2D eigenvalue weighted by Gasteiger charge is 2.23. The molecule has 4 heteroatoms. The number of hydrogen-bond donors (Lipinski definition) is 1. The van der Waals surface area contributed by atoms with Gasteiger partial charge in [0.25, 0.3) is 5.91 Å². The van der Waals surface area contributed by atoms with Crippen molar-refractivity contribution in [3.05, 3.63) is 65.2 Å². The molecule has 0 aromatic heterocycles. The van der Waals surface area contributed by atoms with Crippen LogP contribution in [0.2, 0.25) is 0 Å². The van der Waals surface area contributed by atoms with E-state index in [1.54, 1.807) is 11.0 Å². The summed E-state index contributed by atoms with van der Waals surface area (Å²) in [6, 6.07) is 15.4. The molecule has 1 aliphatic rings. The fourth-order valence-corrected chi connectivity index (χ4v) is 3.36. The van der Waals surface area contributed by atoms with Crippen LogP contribution in [0.15, 0.2) is 48.5 Å². The quantitative estimate of drug-likeness (QED) is 0.897. The van der Waals surface area contributed by atoms with Crippen molar-refractivity contribution in [1.82, 2.24) is 5.32 Å². The van der Waals surface area contributed by atoms with Gasteiger partial charge in [-0.3, -0.25) is 9.59 Å². The Bertz CT molecular complexity index is 785. The summed E-state index contributed by atoms with van der Waals surface area (Å²) >= 11 is 0. The standard InChI is InChI=1S/C21H24N2O2/c1-3-19(18-11-5-4-8-15(18)2)22-21(25)16-9-6-10-17(14-16)23-13-7-12-20(23)24/h4-6,8-11,14,19H,3,7,12-13H2,1-2H3,(H,22,25)/t19-/m1/s1. The van der Waals surface area contributed by atoms with Crippen molar-refractivity contribution in [2.75, 3.05) is 11.4 Å². The summed E-state index contributed by atoms with van der Waals surface area (Å²) in [5.74, 6) is 0.0208. The van der Waals surface area contributed by atoms with Gasteiger partial charge in [-0.05, 0) is 49.1 Å². The van der Waals surface area contributed by atoms with Crippen LogP contribution in [0.5, 0.6) is 0 Å². The highest BCUT2D eigenvalue weighted by Crippen LogP contribution is 2.24.